The molecule has 1 aliphatic carbocycles. The van der Waals surface area contributed by atoms with Crippen LogP contribution in [0.25, 0.3) is 0 Å². The fourth-order valence-electron chi connectivity index (χ4n) is 2.11. The molecule has 0 heterocycles. The van der Waals surface area contributed by atoms with E-state index in [1.807, 2.05) is 6.92 Å². The standard InChI is InChI=1S/C12H22O2/c1-2-14-10-6-8-11-7-4-3-5-9-12(11)13/h11H,2-10H2,1H3. The molecule has 14 heavy (non-hydrogen) atoms. The summed E-state index contributed by atoms with van der Waals surface area (Å²) in [5.74, 6) is 0.844. The average molecular weight is 198 g/mol. The Morgan fingerprint density at radius 3 is 3.00 bits per heavy atom. The van der Waals surface area contributed by atoms with Crippen molar-refractivity contribution in [2.45, 2.75) is 51.9 Å². The summed E-state index contributed by atoms with van der Waals surface area (Å²) >= 11 is 0. The van der Waals surface area contributed by atoms with Gasteiger partial charge in [0.1, 0.15) is 5.78 Å². The first-order valence-electron chi connectivity index (χ1n) is 5.95. The molecule has 1 rings (SSSR count). The number of hydrogen-bond donors (Lipinski definition) is 0. The molecule has 2 heteroatoms. The highest BCUT2D eigenvalue weighted by molar-refractivity contribution is 5.81. The van der Waals surface area contributed by atoms with E-state index in [2.05, 4.69) is 0 Å². The van der Waals surface area contributed by atoms with Crippen molar-refractivity contribution in [3.8, 4) is 0 Å². The van der Waals surface area contributed by atoms with Crippen LogP contribution in [0.2, 0.25) is 0 Å². The minimum absolute atomic E-state index is 0.345. The molecule has 1 atom stereocenters. The first-order valence-corrected chi connectivity index (χ1v) is 5.95. The van der Waals surface area contributed by atoms with E-state index < -0.39 is 0 Å². The van der Waals surface area contributed by atoms with Gasteiger partial charge in [0.2, 0.25) is 0 Å². The van der Waals surface area contributed by atoms with Crippen LogP contribution in [0.3, 0.4) is 0 Å². The van der Waals surface area contributed by atoms with E-state index in [1.54, 1.807) is 0 Å². The summed E-state index contributed by atoms with van der Waals surface area (Å²) in [4.78, 5) is 11.6. The lowest BCUT2D eigenvalue weighted by atomic mass is 9.94. The van der Waals surface area contributed by atoms with Crippen molar-refractivity contribution >= 4 is 5.78 Å². The molecule has 0 radical (unpaired) electrons. The van der Waals surface area contributed by atoms with Crippen LogP contribution in [-0.2, 0) is 9.53 Å². The Balaban J connectivity index is 2.16. The van der Waals surface area contributed by atoms with E-state index in [1.165, 1.54) is 12.8 Å². The molecule has 0 saturated heterocycles. The van der Waals surface area contributed by atoms with E-state index in [9.17, 15) is 4.79 Å². The Hall–Kier alpha value is -0.370. The molecule has 1 aliphatic rings. The first kappa shape index (κ1) is 11.7. The molecule has 0 aromatic heterocycles. The van der Waals surface area contributed by atoms with E-state index in [0.717, 1.165) is 45.3 Å². The van der Waals surface area contributed by atoms with Gasteiger partial charge in [0.25, 0.3) is 0 Å². The Labute approximate surface area is 87.0 Å². The van der Waals surface area contributed by atoms with Crippen LogP contribution in [0.4, 0.5) is 0 Å². The molecule has 0 spiro atoms. The van der Waals surface area contributed by atoms with E-state index >= 15 is 0 Å². The van der Waals surface area contributed by atoms with Gasteiger partial charge in [0, 0.05) is 25.6 Å². The van der Waals surface area contributed by atoms with Crippen molar-refractivity contribution in [3.05, 3.63) is 0 Å². The summed E-state index contributed by atoms with van der Waals surface area (Å²) in [6.07, 6.45) is 7.62. The lowest BCUT2D eigenvalue weighted by Gasteiger charge is -2.12. The highest BCUT2D eigenvalue weighted by Crippen LogP contribution is 2.23. The van der Waals surface area contributed by atoms with Gasteiger partial charge >= 0.3 is 0 Å². The van der Waals surface area contributed by atoms with Crippen LogP contribution in [0.15, 0.2) is 0 Å². The molecule has 0 aliphatic heterocycles. The number of carbonyl (C=O) groups is 1. The predicted octanol–water partition coefficient (Wildman–Crippen LogP) is 2.95. The molecule has 0 amide bonds. The van der Waals surface area contributed by atoms with Gasteiger partial charge in [-0.1, -0.05) is 12.8 Å². The maximum Gasteiger partial charge on any atom is 0.135 e. The van der Waals surface area contributed by atoms with Gasteiger partial charge < -0.3 is 4.74 Å². The van der Waals surface area contributed by atoms with Gasteiger partial charge in [-0.05, 0) is 32.6 Å². The average Bonchev–Trinajstić information content (AvgIpc) is 2.39. The smallest absolute Gasteiger partial charge is 0.135 e. The minimum atomic E-state index is 0.345. The number of Topliss-reactive ketones (excluding diaryl/α,β-unsaturated/α-hetero) is 1. The molecule has 0 bridgehead atoms. The van der Waals surface area contributed by atoms with Crippen molar-refractivity contribution in [2.75, 3.05) is 13.2 Å². The third-order valence-corrected chi connectivity index (χ3v) is 2.98. The third-order valence-electron chi connectivity index (χ3n) is 2.98. The van der Waals surface area contributed by atoms with E-state index in [4.69, 9.17) is 4.74 Å². The molecule has 1 unspecified atom stereocenters. The zero-order chi connectivity index (χ0) is 10.2. The van der Waals surface area contributed by atoms with Crippen molar-refractivity contribution in [1.29, 1.82) is 0 Å². The highest BCUT2D eigenvalue weighted by Gasteiger charge is 2.19. The Morgan fingerprint density at radius 1 is 1.36 bits per heavy atom. The van der Waals surface area contributed by atoms with Gasteiger partial charge in [-0.15, -0.1) is 0 Å². The summed E-state index contributed by atoms with van der Waals surface area (Å²) in [7, 11) is 0. The second kappa shape index (κ2) is 6.99. The molecule has 0 N–H and O–H groups in total. The Morgan fingerprint density at radius 2 is 2.21 bits per heavy atom. The molecule has 1 saturated carbocycles. The van der Waals surface area contributed by atoms with Crippen LogP contribution in [0.5, 0.6) is 0 Å². The molecular weight excluding hydrogens is 176 g/mol. The zero-order valence-corrected chi connectivity index (χ0v) is 9.26. The molecular formula is C12H22O2. The van der Waals surface area contributed by atoms with E-state index in [-0.39, 0.29) is 0 Å². The Kier molecular flexibility index (Phi) is 5.85. The second-order valence-electron chi connectivity index (χ2n) is 4.10. The number of ether oxygens (including phenoxy) is 1. The highest BCUT2D eigenvalue weighted by atomic mass is 16.5. The number of rotatable bonds is 5. The number of hydrogen-bond acceptors (Lipinski definition) is 2. The minimum Gasteiger partial charge on any atom is -0.382 e. The third kappa shape index (κ3) is 4.23. The van der Waals surface area contributed by atoms with Crippen LogP contribution in [0.1, 0.15) is 51.9 Å². The summed E-state index contributed by atoms with van der Waals surface area (Å²) in [5, 5.41) is 0. The second-order valence-corrected chi connectivity index (χ2v) is 4.10. The Bertz CT molecular complexity index is 166. The number of carbonyl (C=O) groups excluding carboxylic acids is 1. The molecule has 0 aromatic carbocycles. The van der Waals surface area contributed by atoms with Gasteiger partial charge in [-0.2, -0.15) is 0 Å². The monoisotopic (exact) mass is 198 g/mol. The van der Waals surface area contributed by atoms with Crippen molar-refractivity contribution in [1.82, 2.24) is 0 Å². The van der Waals surface area contributed by atoms with Gasteiger partial charge in [0.15, 0.2) is 0 Å². The lowest BCUT2D eigenvalue weighted by molar-refractivity contribution is -0.123. The van der Waals surface area contributed by atoms with Gasteiger partial charge in [-0.3, -0.25) is 4.79 Å². The van der Waals surface area contributed by atoms with Crippen molar-refractivity contribution in [2.24, 2.45) is 5.92 Å². The van der Waals surface area contributed by atoms with Crippen LogP contribution < -0.4 is 0 Å². The normalized spacial score (nSPS) is 23.5. The largest absolute Gasteiger partial charge is 0.382 e. The van der Waals surface area contributed by atoms with Gasteiger partial charge in [-0.25, -0.2) is 0 Å². The molecule has 2 nitrogen and oxygen atoms in total. The predicted molar refractivity (Wildman–Crippen MR) is 57.3 cm³/mol. The van der Waals surface area contributed by atoms with Crippen LogP contribution in [0, 0.1) is 5.92 Å². The summed E-state index contributed by atoms with van der Waals surface area (Å²) < 4.78 is 5.28. The van der Waals surface area contributed by atoms with Crippen LogP contribution >= 0.6 is 0 Å². The van der Waals surface area contributed by atoms with Crippen molar-refractivity contribution < 1.29 is 9.53 Å². The molecule has 1 fully saturated rings. The van der Waals surface area contributed by atoms with E-state index in [0.29, 0.717) is 11.7 Å². The fraction of sp³-hybridized carbons (Fsp3) is 0.917. The summed E-state index contributed by atoms with van der Waals surface area (Å²) in [5.41, 5.74) is 0. The quantitative estimate of drug-likeness (QED) is 0.501. The van der Waals surface area contributed by atoms with Crippen LogP contribution in [-0.4, -0.2) is 19.0 Å². The topological polar surface area (TPSA) is 26.3 Å². The SMILES string of the molecule is CCOCCCC1CCCCCC1=O. The maximum absolute atomic E-state index is 11.6. The summed E-state index contributed by atoms with van der Waals surface area (Å²) in [6, 6.07) is 0. The maximum atomic E-state index is 11.6. The zero-order valence-electron chi connectivity index (χ0n) is 9.26. The van der Waals surface area contributed by atoms with Gasteiger partial charge in [0.05, 0.1) is 0 Å². The summed E-state index contributed by atoms with van der Waals surface area (Å²) in [6.45, 7) is 3.62. The molecule has 0 aromatic rings. The molecule has 82 valence electrons. The fourth-order valence-corrected chi connectivity index (χ4v) is 2.11. The van der Waals surface area contributed by atoms with Crippen molar-refractivity contribution in [3.63, 3.8) is 0 Å². The number of ketones is 1. The lowest BCUT2D eigenvalue weighted by Crippen LogP contribution is -2.13. The first-order chi connectivity index (χ1) is 6.84.